The van der Waals surface area contributed by atoms with Crippen LogP contribution < -0.4 is 40.3 Å². The Labute approximate surface area is 355 Å². The van der Waals surface area contributed by atoms with Gasteiger partial charge >= 0.3 is 6.18 Å². The van der Waals surface area contributed by atoms with Crippen LogP contribution in [-0.4, -0.2) is 40.7 Å². The molecule has 0 saturated heterocycles. The van der Waals surface area contributed by atoms with Gasteiger partial charge in [0, 0.05) is 56.2 Å². The van der Waals surface area contributed by atoms with Crippen molar-refractivity contribution in [2.24, 2.45) is 4.99 Å². The number of nitrogens with one attached hydrogen (secondary N) is 2. The van der Waals surface area contributed by atoms with E-state index in [4.69, 9.17) is 35.8 Å². The maximum absolute atomic E-state index is 15.2. The zero-order chi connectivity index (χ0) is 42.7. The van der Waals surface area contributed by atoms with Crippen LogP contribution in [0.1, 0.15) is 46.3 Å². The number of alkyl halides is 3. The largest absolute Gasteiger partial charge is 0.497 e. The van der Waals surface area contributed by atoms with Gasteiger partial charge in [0.15, 0.2) is 0 Å². The molecule has 15 heteroatoms. The Balaban J connectivity index is 1.21. The summed E-state index contributed by atoms with van der Waals surface area (Å²) in [5.41, 5.74) is 3.34. The highest BCUT2D eigenvalue weighted by Gasteiger charge is 2.38. The van der Waals surface area contributed by atoms with Crippen molar-refractivity contribution < 1.29 is 27.4 Å². The molecule has 0 fully saturated rings. The van der Waals surface area contributed by atoms with Gasteiger partial charge in [-0.1, -0.05) is 41.9 Å². The van der Waals surface area contributed by atoms with E-state index in [9.17, 15) is 0 Å². The molecule has 2 aliphatic rings. The molecule has 11 nitrogen and oxygen atoms in total. The average Bonchev–Trinajstić information content (AvgIpc) is 3.46. The normalized spacial score (nSPS) is 13.6. The van der Waals surface area contributed by atoms with Gasteiger partial charge in [0.25, 0.3) is 0 Å². The van der Waals surface area contributed by atoms with E-state index in [0.29, 0.717) is 53.3 Å². The number of anilines is 2. The summed E-state index contributed by atoms with van der Waals surface area (Å²) in [5, 5.41) is 7.59. The van der Waals surface area contributed by atoms with Gasteiger partial charge < -0.3 is 34.6 Å². The van der Waals surface area contributed by atoms with Crippen molar-refractivity contribution in [3.63, 3.8) is 0 Å². The van der Waals surface area contributed by atoms with Gasteiger partial charge in [-0.25, -0.2) is 4.98 Å². The van der Waals surface area contributed by atoms with E-state index in [-0.39, 0.29) is 40.3 Å². The summed E-state index contributed by atoms with van der Waals surface area (Å²) in [4.78, 5) is 22.1. The van der Waals surface area contributed by atoms with Crippen LogP contribution in [0.25, 0.3) is 17.1 Å². The summed E-state index contributed by atoms with van der Waals surface area (Å²) >= 11 is 7.21. The molecule has 0 aliphatic carbocycles. The predicted molar refractivity (Wildman–Crippen MR) is 228 cm³/mol. The van der Waals surface area contributed by atoms with E-state index in [1.807, 2.05) is 83.5 Å². The van der Waals surface area contributed by atoms with E-state index in [2.05, 4.69) is 20.6 Å². The van der Waals surface area contributed by atoms with Crippen LogP contribution in [0.2, 0.25) is 5.02 Å². The molecule has 5 heterocycles. The molecule has 0 amide bonds. The van der Waals surface area contributed by atoms with Crippen molar-refractivity contribution in [1.29, 1.82) is 0 Å². The molecular formula is C46H42ClF3N8O3. The summed E-state index contributed by atoms with van der Waals surface area (Å²) in [6, 6.07) is 23.6. The summed E-state index contributed by atoms with van der Waals surface area (Å²) in [6.07, 6.45) is 5.58. The third kappa shape index (κ3) is 8.76. The number of halogens is 4. The minimum Gasteiger partial charge on any atom is -0.497 e. The first kappa shape index (κ1) is 41.0. The van der Waals surface area contributed by atoms with Crippen molar-refractivity contribution in [3.05, 3.63) is 165 Å². The van der Waals surface area contributed by atoms with Crippen LogP contribution in [0.5, 0.6) is 17.2 Å². The molecule has 312 valence electrons. The third-order valence-electron chi connectivity index (χ3n) is 10.6. The Bertz CT molecular complexity index is 2650. The van der Waals surface area contributed by atoms with Gasteiger partial charge in [0.1, 0.15) is 41.8 Å². The van der Waals surface area contributed by atoms with Crippen molar-refractivity contribution in [1.82, 2.24) is 25.2 Å². The maximum atomic E-state index is 15.2. The molecule has 2 aliphatic heterocycles. The maximum Gasteiger partial charge on any atom is 0.418 e. The fraction of sp³-hybridized carbons (Fsp3) is 0.217. The fourth-order valence-electron chi connectivity index (χ4n) is 7.47. The highest BCUT2D eigenvalue weighted by molar-refractivity contribution is 6.33. The first-order chi connectivity index (χ1) is 29.5. The van der Waals surface area contributed by atoms with E-state index in [1.165, 1.54) is 25.3 Å². The quantitative estimate of drug-likeness (QED) is 0.118. The van der Waals surface area contributed by atoms with Crippen molar-refractivity contribution in [2.75, 3.05) is 31.1 Å². The standard InChI is InChI=1S/C46H42ClF3N8O3/c1-28-18-39(57(25-30-7-11-35(59-3)12-8-30)26-31-9-13-36(60-4)14-10-31)56-43(41(28)46(48,49)50)37-20-38-40-44(42(37)47)54-27-55-45(40)58(16-17-61-38)29(2)33-19-34(24-52-23-33)53-22-32-6-5-15-51-21-32/h5-21,23-24,29,53,55H,22,25-27H2,1-4H3. The minimum atomic E-state index is -4.77. The van der Waals surface area contributed by atoms with Gasteiger partial charge in [-0.05, 0) is 90.2 Å². The molecule has 3 aromatic carbocycles. The number of hydrogen-bond donors (Lipinski definition) is 2. The topological polar surface area (TPSA) is 109 Å². The number of benzene rings is 3. The molecule has 0 saturated carbocycles. The molecule has 0 bridgehead atoms. The molecular weight excluding hydrogens is 805 g/mol. The van der Waals surface area contributed by atoms with Gasteiger partial charge in [-0.3, -0.25) is 15.0 Å². The summed E-state index contributed by atoms with van der Waals surface area (Å²) in [6.45, 7) is 4.80. The highest BCUT2D eigenvalue weighted by Crippen LogP contribution is 2.42. The summed E-state index contributed by atoms with van der Waals surface area (Å²) < 4.78 is 62.5. The second-order valence-corrected chi connectivity index (χ2v) is 15.0. The van der Waals surface area contributed by atoms with Gasteiger partial charge in [0.05, 0.1) is 52.8 Å². The number of pyridine rings is 3. The molecule has 61 heavy (non-hydrogen) atoms. The number of aryl methyl sites for hydroxylation is 1. The lowest BCUT2D eigenvalue weighted by Crippen LogP contribution is -2.44. The number of aromatic nitrogens is 3. The number of ether oxygens (including phenoxy) is 3. The first-order valence-electron chi connectivity index (χ1n) is 19.4. The molecule has 1 atom stereocenters. The van der Waals surface area contributed by atoms with Crippen molar-refractivity contribution in [2.45, 2.75) is 45.7 Å². The summed E-state index contributed by atoms with van der Waals surface area (Å²) in [7, 11) is 3.18. The lowest BCUT2D eigenvalue weighted by Gasteiger charge is -2.31. The van der Waals surface area contributed by atoms with E-state index < -0.39 is 11.7 Å². The Kier molecular flexibility index (Phi) is 11.7. The van der Waals surface area contributed by atoms with E-state index in [0.717, 1.165) is 27.9 Å². The number of methoxy groups -OCH3 is 2. The fourth-order valence-corrected chi connectivity index (χ4v) is 7.77. The number of rotatable bonds is 13. The number of hydrogen-bond acceptors (Lipinski definition) is 11. The predicted octanol–water partition coefficient (Wildman–Crippen LogP) is 8.53. The van der Waals surface area contributed by atoms with Crippen molar-refractivity contribution >= 4 is 28.9 Å². The van der Waals surface area contributed by atoms with Crippen LogP contribution in [0, 0.1) is 6.92 Å². The smallest absolute Gasteiger partial charge is 0.418 e. The van der Waals surface area contributed by atoms with Crippen LogP contribution in [0.3, 0.4) is 0 Å². The average molecular weight is 847 g/mol. The van der Waals surface area contributed by atoms with E-state index >= 15 is 13.2 Å². The molecule has 2 N–H and O–H groups in total. The van der Waals surface area contributed by atoms with Gasteiger partial charge in [-0.15, -0.1) is 0 Å². The second-order valence-electron chi connectivity index (χ2n) is 14.6. The molecule has 0 spiro atoms. The van der Waals surface area contributed by atoms with Gasteiger partial charge in [-0.2, -0.15) is 13.2 Å². The molecule has 3 aromatic heterocycles. The number of nitrogens with zero attached hydrogens (tertiary/aromatic N) is 6. The minimum absolute atomic E-state index is 0.0148. The van der Waals surface area contributed by atoms with Crippen LogP contribution in [-0.2, 0) is 25.8 Å². The zero-order valence-corrected chi connectivity index (χ0v) is 34.6. The Morgan fingerprint density at radius 1 is 0.918 bits per heavy atom. The van der Waals surface area contributed by atoms with Crippen LogP contribution >= 0.6 is 11.6 Å². The molecule has 0 radical (unpaired) electrons. The third-order valence-corrected chi connectivity index (χ3v) is 11.0. The Morgan fingerprint density at radius 2 is 1.62 bits per heavy atom. The Morgan fingerprint density at radius 3 is 2.26 bits per heavy atom. The second kappa shape index (κ2) is 17.4. The molecule has 1 unspecified atom stereocenters. The monoisotopic (exact) mass is 846 g/mol. The first-order valence-corrected chi connectivity index (χ1v) is 19.8. The lowest BCUT2D eigenvalue weighted by atomic mass is 9.99. The van der Waals surface area contributed by atoms with Crippen LogP contribution in [0.15, 0.2) is 121 Å². The molecule has 8 rings (SSSR count). The molecule has 6 aromatic rings. The lowest BCUT2D eigenvalue weighted by molar-refractivity contribution is -0.137. The summed E-state index contributed by atoms with van der Waals surface area (Å²) in [5.74, 6) is 2.59. The highest BCUT2D eigenvalue weighted by atomic mass is 35.5. The SMILES string of the molecule is COc1ccc(CN(Cc2ccc(OC)cc2)c2cc(C)c(C(F)(F)F)c(-c3cc4c5c(c3Cl)=NCNC=5N(C(C)c3cncc(NCc5cccnc5)c3)C=CO4)n2)cc1. The Hall–Kier alpha value is -6.80. The van der Waals surface area contributed by atoms with E-state index in [1.54, 1.807) is 45.2 Å². The van der Waals surface area contributed by atoms with Gasteiger partial charge in [0.2, 0.25) is 0 Å². The van der Waals surface area contributed by atoms with Crippen molar-refractivity contribution in [3.8, 4) is 28.5 Å². The zero-order valence-electron chi connectivity index (χ0n) is 33.8. The van der Waals surface area contributed by atoms with Crippen LogP contribution in [0.4, 0.5) is 24.7 Å².